The maximum atomic E-state index is 12.1. The summed E-state index contributed by atoms with van der Waals surface area (Å²) in [6.07, 6.45) is 1.75. The Balaban J connectivity index is 2.80. The van der Waals surface area contributed by atoms with Crippen molar-refractivity contribution >= 4 is 11.8 Å². The van der Waals surface area contributed by atoms with Gasteiger partial charge in [-0.1, -0.05) is 13.3 Å². The third-order valence-electron chi connectivity index (χ3n) is 2.53. The molecule has 2 amide bonds. The third kappa shape index (κ3) is 4.08. The van der Waals surface area contributed by atoms with Crippen LogP contribution in [0.15, 0.2) is 24.3 Å². The molecule has 0 unspecified atom stereocenters. The smallest absolute Gasteiger partial charge is 0.254 e. The Bertz CT molecular complexity index is 415. The molecule has 0 radical (unpaired) electrons. The number of carbonyl (C=O) groups is 2. The van der Waals surface area contributed by atoms with E-state index in [1.807, 2.05) is 6.92 Å². The molecule has 1 aromatic carbocycles. The van der Waals surface area contributed by atoms with E-state index in [-0.39, 0.29) is 18.2 Å². The highest BCUT2D eigenvalue weighted by molar-refractivity contribution is 5.96. The first-order chi connectivity index (χ1) is 8.54. The molecule has 1 aromatic rings. The van der Waals surface area contributed by atoms with Crippen molar-refractivity contribution in [2.75, 3.05) is 13.1 Å². The normalized spacial score (nSPS) is 10.1. The Morgan fingerprint density at radius 1 is 1.28 bits per heavy atom. The summed E-state index contributed by atoms with van der Waals surface area (Å²) in [4.78, 5) is 24.5. The quantitative estimate of drug-likeness (QED) is 0.793. The fourth-order valence-corrected chi connectivity index (χ4v) is 1.58. The molecule has 0 bridgehead atoms. The highest BCUT2D eigenvalue weighted by Crippen LogP contribution is 2.12. The monoisotopic (exact) mass is 250 g/mol. The SMILES string of the molecule is CCCCN(CC(N)=O)C(=O)c1ccc(O)cc1. The Labute approximate surface area is 106 Å². The zero-order valence-corrected chi connectivity index (χ0v) is 10.4. The molecule has 0 spiro atoms. The summed E-state index contributed by atoms with van der Waals surface area (Å²) in [5.41, 5.74) is 5.57. The van der Waals surface area contributed by atoms with Crippen LogP contribution < -0.4 is 5.73 Å². The lowest BCUT2D eigenvalue weighted by Crippen LogP contribution is -2.39. The minimum absolute atomic E-state index is 0.0836. The summed E-state index contributed by atoms with van der Waals surface area (Å²) < 4.78 is 0. The fraction of sp³-hybridized carbons (Fsp3) is 0.385. The van der Waals surface area contributed by atoms with Crippen LogP contribution in [0.4, 0.5) is 0 Å². The standard InChI is InChI=1S/C13H18N2O3/c1-2-3-8-15(9-12(14)17)13(18)10-4-6-11(16)7-5-10/h4-7,16H,2-3,8-9H2,1H3,(H2,14,17). The van der Waals surface area contributed by atoms with E-state index in [1.165, 1.54) is 29.2 Å². The van der Waals surface area contributed by atoms with Gasteiger partial charge in [-0.15, -0.1) is 0 Å². The van der Waals surface area contributed by atoms with Gasteiger partial charge in [-0.05, 0) is 30.7 Å². The van der Waals surface area contributed by atoms with Crippen molar-refractivity contribution in [2.24, 2.45) is 5.73 Å². The number of hydrogen-bond donors (Lipinski definition) is 2. The fourth-order valence-electron chi connectivity index (χ4n) is 1.58. The number of nitrogens with two attached hydrogens (primary N) is 1. The van der Waals surface area contributed by atoms with Gasteiger partial charge in [-0.3, -0.25) is 9.59 Å². The van der Waals surface area contributed by atoms with E-state index in [0.717, 1.165) is 12.8 Å². The molecule has 3 N–H and O–H groups in total. The van der Waals surface area contributed by atoms with Gasteiger partial charge >= 0.3 is 0 Å². The Morgan fingerprint density at radius 2 is 1.89 bits per heavy atom. The molecule has 0 saturated heterocycles. The van der Waals surface area contributed by atoms with Gasteiger partial charge in [0.05, 0.1) is 6.54 Å². The number of phenolic OH excluding ortho intramolecular Hbond substituents is 1. The Hall–Kier alpha value is -2.04. The number of aromatic hydroxyl groups is 1. The highest BCUT2D eigenvalue weighted by Gasteiger charge is 2.16. The summed E-state index contributed by atoms with van der Waals surface area (Å²) in [6.45, 7) is 2.42. The summed E-state index contributed by atoms with van der Waals surface area (Å²) in [6, 6.07) is 5.93. The van der Waals surface area contributed by atoms with Crippen LogP contribution in [-0.4, -0.2) is 34.9 Å². The lowest BCUT2D eigenvalue weighted by atomic mass is 10.2. The number of unbranched alkanes of at least 4 members (excludes halogenated alkanes) is 1. The topological polar surface area (TPSA) is 83.6 Å². The number of phenols is 1. The molecule has 0 aliphatic rings. The summed E-state index contributed by atoms with van der Waals surface area (Å²) in [5.74, 6) is -0.679. The van der Waals surface area contributed by atoms with Crippen molar-refractivity contribution < 1.29 is 14.7 Å². The maximum absolute atomic E-state index is 12.1. The van der Waals surface area contributed by atoms with Crippen LogP contribution in [0.1, 0.15) is 30.1 Å². The predicted molar refractivity (Wildman–Crippen MR) is 68.1 cm³/mol. The predicted octanol–water partition coefficient (Wildman–Crippen LogP) is 1.12. The van der Waals surface area contributed by atoms with Gasteiger partial charge in [0.2, 0.25) is 5.91 Å². The minimum Gasteiger partial charge on any atom is -0.508 e. The van der Waals surface area contributed by atoms with Crippen molar-refractivity contribution in [3.05, 3.63) is 29.8 Å². The van der Waals surface area contributed by atoms with Crippen LogP contribution in [-0.2, 0) is 4.79 Å². The zero-order valence-electron chi connectivity index (χ0n) is 10.4. The van der Waals surface area contributed by atoms with E-state index in [9.17, 15) is 9.59 Å². The van der Waals surface area contributed by atoms with Crippen LogP contribution in [0, 0.1) is 0 Å². The molecule has 18 heavy (non-hydrogen) atoms. The lowest BCUT2D eigenvalue weighted by molar-refractivity contribution is -0.118. The van der Waals surface area contributed by atoms with E-state index < -0.39 is 5.91 Å². The molecule has 0 aromatic heterocycles. The number of benzene rings is 1. The van der Waals surface area contributed by atoms with Crippen molar-refractivity contribution in [3.8, 4) is 5.75 Å². The van der Waals surface area contributed by atoms with Crippen molar-refractivity contribution in [3.63, 3.8) is 0 Å². The molecule has 1 rings (SSSR count). The Morgan fingerprint density at radius 3 is 2.39 bits per heavy atom. The first-order valence-corrected chi connectivity index (χ1v) is 5.91. The summed E-state index contributed by atoms with van der Waals surface area (Å²) >= 11 is 0. The number of hydrogen-bond acceptors (Lipinski definition) is 3. The molecule has 5 nitrogen and oxygen atoms in total. The lowest BCUT2D eigenvalue weighted by Gasteiger charge is -2.21. The van der Waals surface area contributed by atoms with E-state index in [4.69, 9.17) is 10.8 Å². The van der Waals surface area contributed by atoms with Gasteiger partial charge < -0.3 is 15.7 Å². The largest absolute Gasteiger partial charge is 0.508 e. The number of amides is 2. The van der Waals surface area contributed by atoms with Crippen LogP contribution in [0.3, 0.4) is 0 Å². The molecule has 0 fully saturated rings. The molecule has 0 atom stereocenters. The van der Waals surface area contributed by atoms with Gasteiger partial charge in [-0.2, -0.15) is 0 Å². The molecule has 0 saturated carbocycles. The molecule has 0 heterocycles. The number of primary amides is 1. The first kappa shape index (κ1) is 14.0. The average Bonchev–Trinajstić information content (AvgIpc) is 2.34. The van der Waals surface area contributed by atoms with E-state index >= 15 is 0 Å². The molecular formula is C13H18N2O3. The Kier molecular flexibility index (Phi) is 5.17. The van der Waals surface area contributed by atoms with Crippen molar-refractivity contribution in [1.29, 1.82) is 0 Å². The van der Waals surface area contributed by atoms with Crippen LogP contribution in [0.25, 0.3) is 0 Å². The van der Waals surface area contributed by atoms with Crippen molar-refractivity contribution in [1.82, 2.24) is 4.90 Å². The van der Waals surface area contributed by atoms with E-state index in [1.54, 1.807) is 0 Å². The molecule has 98 valence electrons. The van der Waals surface area contributed by atoms with E-state index in [2.05, 4.69) is 0 Å². The molecule has 0 aliphatic carbocycles. The molecular weight excluding hydrogens is 232 g/mol. The number of rotatable bonds is 6. The highest BCUT2D eigenvalue weighted by atomic mass is 16.3. The van der Waals surface area contributed by atoms with Gasteiger partial charge in [0.15, 0.2) is 0 Å². The maximum Gasteiger partial charge on any atom is 0.254 e. The number of nitrogens with zero attached hydrogens (tertiary/aromatic N) is 1. The second-order valence-electron chi connectivity index (χ2n) is 4.09. The van der Waals surface area contributed by atoms with Gasteiger partial charge in [0.1, 0.15) is 5.75 Å². The first-order valence-electron chi connectivity index (χ1n) is 5.91. The van der Waals surface area contributed by atoms with Crippen LogP contribution in [0.2, 0.25) is 0 Å². The molecule has 5 heteroatoms. The van der Waals surface area contributed by atoms with Gasteiger partial charge in [0, 0.05) is 12.1 Å². The summed E-state index contributed by atoms with van der Waals surface area (Å²) in [5, 5.41) is 9.16. The van der Waals surface area contributed by atoms with Gasteiger partial charge in [-0.25, -0.2) is 0 Å². The number of carbonyl (C=O) groups excluding carboxylic acids is 2. The van der Waals surface area contributed by atoms with Gasteiger partial charge in [0.25, 0.3) is 5.91 Å². The second kappa shape index (κ2) is 6.64. The van der Waals surface area contributed by atoms with Crippen molar-refractivity contribution in [2.45, 2.75) is 19.8 Å². The van der Waals surface area contributed by atoms with Crippen LogP contribution in [0.5, 0.6) is 5.75 Å². The van der Waals surface area contributed by atoms with E-state index in [0.29, 0.717) is 12.1 Å². The minimum atomic E-state index is -0.529. The van der Waals surface area contributed by atoms with Crippen LogP contribution >= 0.6 is 0 Å². The zero-order chi connectivity index (χ0) is 13.5. The summed E-state index contributed by atoms with van der Waals surface area (Å²) in [7, 11) is 0. The average molecular weight is 250 g/mol. The second-order valence-corrected chi connectivity index (χ2v) is 4.09. The molecule has 0 aliphatic heterocycles. The third-order valence-corrected chi connectivity index (χ3v) is 2.53.